The Hall–Kier alpha value is -3.40. The SMILES string of the molecule is CC1(C)C(c2ccc(CC(C)(C)C(F)(F)F)cc2)=Cc2ccnc(-c3cc(C4CCCCC4)c4ccccc4c3)c21. The highest BCUT2D eigenvalue weighted by molar-refractivity contribution is 5.98. The van der Waals surface area contributed by atoms with E-state index in [2.05, 4.69) is 62.4 Å². The molecule has 2 aliphatic carbocycles. The largest absolute Gasteiger partial charge is 0.394 e. The summed E-state index contributed by atoms with van der Waals surface area (Å²) < 4.78 is 40.4. The molecule has 1 heterocycles. The van der Waals surface area contributed by atoms with Crippen molar-refractivity contribution in [2.45, 2.75) is 83.7 Å². The molecule has 41 heavy (non-hydrogen) atoms. The van der Waals surface area contributed by atoms with E-state index in [1.54, 1.807) is 0 Å². The van der Waals surface area contributed by atoms with Gasteiger partial charge in [-0.15, -0.1) is 0 Å². The van der Waals surface area contributed by atoms with E-state index in [9.17, 15) is 13.2 Å². The quantitative estimate of drug-likeness (QED) is 0.239. The number of fused-ring (bicyclic) bond motifs is 2. The van der Waals surface area contributed by atoms with Gasteiger partial charge in [-0.2, -0.15) is 13.2 Å². The van der Waals surface area contributed by atoms with E-state index in [1.807, 2.05) is 30.5 Å². The Labute approximate surface area is 241 Å². The minimum Gasteiger partial charge on any atom is -0.256 e. The highest BCUT2D eigenvalue weighted by atomic mass is 19.4. The number of nitrogens with zero attached hydrogens (tertiary/aromatic N) is 1. The van der Waals surface area contributed by atoms with E-state index in [4.69, 9.17) is 4.98 Å². The standard InChI is InChI=1S/C37H38F3N/c1-35(2,37(38,39)40)23-24-14-16-26(17-15-24)32-22-28-18-19-41-34(33(28)36(32,3)4)29-20-27-12-8-9-13-30(27)31(21-29)25-10-6-5-7-11-25/h8-9,12-22,25H,5-7,10-11,23H2,1-4H3. The Morgan fingerprint density at radius 3 is 2.27 bits per heavy atom. The van der Waals surface area contributed by atoms with Crippen LogP contribution in [0, 0.1) is 5.41 Å². The highest BCUT2D eigenvalue weighted by Crippen LogP contribution is 2.50. The van der Waals surface area contributed by atoms with Crippen molar-refractivity contribution in [3.63, 3.8) is 0 Å². The summed E-state index contributed by atoms with van der Waals surface area (Å²) in [4.78, 5) is 4.97. The summed E-state index contributed by atoms with van der Waals surface area (Å²) in [6, 6.07) is 23.1. The molecule has 2 aliphatic rings. The second kappa shape index (κ2) is 10.2. The second-order valence-corrected chi connectivity index (χ2v) is 13.2. The molecule has 1 nitrogen and oxygen atoms in total. The molecular formula is C37H38F3N. The number of halogens is 3. The van der Waals surface area contributed by atoms with Gasteiger partial charge in [-0.25, -0.2) is 0 Å². The van der Waals surface area contributed by atoms with E-state index in [0.717, 1.165) is 28.0 Å². The molecular weight excluding hydrogens is 515 g/mol. The molecule has 0 amide bonds. The number of pyridine rings is 1. The van der Waals surface area contributed by atoms with Crippen LogP contribution in [0.1, 0.15) is 93.5 Å². The van der Waals surface area contributed by atoms with Crippen molar-refractivity contribution >= 4 is 22.4 Å². The Morgan fingerprint density at radius 1 is 0.854 bits per heavy atom. The number of hydrogen-bond acceptors (Lipinski definition) is 1. The molecule has 3 aromatic carbocycles. The topological polar surface area (TPSA) is 12.9 Å². The molecule has 6 rings (SSSR count). The zero-order chi connectivity index (χ0) is 29.0. The van der Waals surface area contributed by atoms with Crippen LogP contribution in [0.5, 0.6) is 0 Å². The van der Waals surface area contributed by atoms with Gasteiger partial charge in [0.2, 0.25) is 0 Å². The number of allylic oxidation sites excluding steroid dienone is 1. The van der Waals surface area contributed by atoms with Crippen LogP contribution in [0.2, 0.25) is 0 Å². The van der Waals surface area contributed by atoms with E-state index in [-0.39, 0.29) is 11.8 Å². The normalized spacial score (nSPS) is 17.5. The minimum absolute atomic E-state index is 0.0429. The Kier molecular flexibility index (Phi) is 6.87. The maximum atomic E-state index is 13.5. The van der Waals surface area contributed by atoms with Crippen LogP contribution in [0.25, 0.3) is 33.7 Å². The first-order valence-electron chi connectivity index (χ1n) is 14.9. The molecule has 1 aromatic heterocycles. The second-order valence-electron chi connectivity index (χ2n) is 13.2. The predicted octanol–water partition coefficient (Wildman–Crippen LogP) is 10.9. The predicted molar refractivity (Wildman–Crippen MR) is 164 cm³/mol. The Bertz CT molecular complexity index is 1620. The summed E-state index contributed by atoms with van der Waals surface area (Å²) in [5.74, 6) is 0.577. The van der Waals surface area contributed by atoms with E-state index in [1.165, 1.54) is 67.9 Å². The van der Waals surface area contributed by atoms with Crippen molar-refractivity contribution in [1.82, 2.24) is 4.98 Å². The number of hydrogen-bond donors (Lipinski definition) is 0. The first-order chi connectivity index (χ1) is 19.5. The first kappa shape index (κ1) is 27.8. The third-order valence-corrected chi connectivity index (χ3v) is 9.47. The summed E-state index contributed by atoms with van der Waals surface area (Å²) in [5, 5.41) is 2.61. The van der Waals surface area contributed by atoms with Crippen LogP contribution in [0.4, 0.5) is 13.2 Å². The summed E-state index contributed by atoms with van der Waals surface area (Å²) in [7, 11) is 0. The fourth-order valence-electron chi connectivity index (χ4n) is 7.03. The van der Waals surface area contributed by atoms with Crippen molar-refractivity contribution in [3.05, 3.63) is 101 Å². The van der Waals surface area contributed by atoms with Gasteiger partial charge in [0.25, 0.3) is 0 Å². The third kappa shape index (κ3) is 5.00. The lowest BCUT2D eigenvalue weighted by Gasteiger charge is -2.29. The molecule has 1 fully saturated rings. The monoisotopic (exact) mass is 553 g/mol. The molecule has 0 unspecified atom stereocenters. The average Bonchev–Trinajstić information content (AvgIpc) is 3.23. The van der Waals surface area contributed by atoms with Gasteiger partial charge in [0, 0.05) is 17.2 Å². The summed E-state index contributed by atoms with van der Waals surface area (Å²) in [6.45, 7) is 7.00. The number of benzene rings is 3. The van der Waals surface area contributed by atoms with Gasteiger partial charge in [0.1, 0.15) is 0 Å². The average molecular weight is 554 g/mol. The number of alkyl halides is 3. The van der Waals surface area contributed by atoms with Crippen LogP contribution < -0.4 is 0 Å². The maximum Gasteiger partial charge on any atom is 0.394 e. The van der Waals surface area contributed by atoms with Gasteiger partial charge in [-0.3, -0.25) is 4.98 Å². The molecule has 0 N–H and O–H groups in total. The van der Waals surface area contributed by atoms with Gasteiger partial charge >= 0.3 is 6.18 Å². The molecule has 0 bridgehead atoms. The lowest BCUT2D eigenvalue weighted by Crippen LogP contribution is -2.34. The zero-order valence-corrected chi connectivity index (χ0v) is 24.4. The van der Waals surface area contributed by atoms with E-state index in [0.29, 0.717) is 11.5 Å². The smallest absolute Gasteiger partial charge is 0.256 e. The highest BCUT2D eigenvalue weighted by Gasteiger charge is 2.47. The molecule has 4 heteroatoms. The van der Waals surface area contributed by atoms with E-state index >= 15 is 0 Å². The number of aromatic nitrogens is 1. The zero-order valence-electron chi connectivity index (χ0n) is 24.4. The molecule has 0 spiro atoms. The van der Waals surface area contributed by atoms with Crippen molar-refractivity contribution < 1.29 is 13.2 Å². The third-order valence-electron chi connectivity index (χ3n) is 9.47. The van der Waals surface area contributed by atoms with Gasteiger partial charge in [-0.1, -0.05) is 95.5 Å². The van der Waals surface area contributed by atoms with Crippen LogP contribution in [-0.4, -0.2) is 11.2 Å². The fourth-order valence-corrected chi connectivity index (χ4v) is 7.03. The van der Waals surface area contributed by atoms with Crippen LogP contribution in [0.15, 0.2) is 72.9 Å². The summed E-state index contributed by atoms with van der Waals surface area (Å²) in [5.41, 5.74) is 6.79. The van der Waals surface area contributed by atoms with Crippen molar-refractivity contribution in [2.75, 3.05) is 0 Å². The van der Waals surface area contributed by atoms with Gasteiger partial charge in [-0.05, 0) is 93.6 Å². The summed E-state index contributed by atoms with van der Waals surface area (Å²) in [6.07, 6.45) is 6.22. The molecule has 212 valence electrons. The van der Waals surface area contributed by atoms with E-state index < -0.39 is 11.6 Å². The summed E-state index contributed by atoms with van der Waals surface area (Å²) >= 11 is 0. The van der Waals surface area contributed by atoms with Crippen LogP contribution in [0.3, 0.4) is 0 Å². The van der Waals surface area contributed by atoms with Crippen molar-refractivity contribution in [3.8, 4) is 11.3 Å². The Balaban J connectivity index is 1.38. The fraction of sp³-hybridized carbons (Fsp3) is 0.378. The van der Waals surface area contributed by atoms with Crippen molar-refractivity contribution in [2.24, 2.45) is 5.41 Å². The Morgan fingerprint density at radius 2 is 1.56 bits per heavy atom. The number of rotatable bonds is 5. The first-order valence-corrected chi connectivity index (χ1v) is 14.9. The molecule has 1 saturated carbocycles. The van der Waals surface area contributed by atoms with Gasteiger partial charge < -0.3 is 0 Å². The van der Waals surface area contributed by atoms with Gasteiger partial charge in [0.15, 0.2) is 0 Å². The molecule has 0 aliphatic heterocycles. The van der Waals surface area contributed by atoms with Crippen LogP contribution >= 0.6 is 0 Å². The van der Waals surface area contributed by atoms with Crippen LogP contribution in [-0.2, 0) is 11.8 Å². The maximum absolute atomic E-state index is 13.5. The van der Waals surface area contributed by atoms with Gasteiger partial charge in [0.05, 0.1) is 11.1 Å². The molecule has 0 atom stereocenters. The molecule has 4 aromatic rings. The lowest BCUT2D eigenvalue weighted by molar-refractivity contribution is -0.211. The molecule has 0 saturated heterocycles. The molecule has 0 radical (unpaired) electrons. The van der Waals surface area contributed by atoms with Crippen molar-refractivity contribution in [1.29, 1.82) is 0 Å². The minimum atomic E-state index is -4.24. The lowest BCUT2D eigenvalue weighted by atomic mass is 9.76.